The van der Waals surface area contributed by atoms with E-state index in [0.717, 1.165) is 22.6 Å². The van der Waals surface area contributed by atoms with E-state index in [-0.39, 0.29) is 10.8 Å². The van der Waals surface area contributed by atoms with Gasteiger partial charge in [-0.05, 0) is 135 Å². The molecular weight excluding hydrogens is 867 g/mol. The number of hydrogen-bond acceptors (Lipinski definition) is 1. The highest BCUT2D eigenvalue weighted by Crippen LogP contribution is 2.64. The number of fused-ring (bicyclic) bond motifs is 13. The number of rotatable bonds is 6. The van der Waals surface area contributed by atoms with Crippen LogP contribution in [0.2, 0.25) is 0 Å². The van der Waals surface area contributed by atoms with E-state index >= 15 is 0 Å². The second-order valence-electron chi connectivity index (χ2n) is 22.0. The molecule has 346 valence electrons. The molecule has 0 saturated carbocycles. The average Bonchev–Trinajstić information content (AvgIpc) is 3.87. The summed E-state index contributed by atoms with van der Waals surface area (Å²) in [4.78, 5) is 2.55. The molecule has 0 saturated heterocycles. The SMILES string of the molecule is CC(C)(C)c1ccc2c(c1)C1(c3ccccc3-c3cc(N(c4ccccc4-c4ccccc4-c4ccccc4-c4ccccc4)c4cccc5c4ccc4ccccc45)ccc31)c1cc(C(C)(C)C)ccc1-2. The van der Waals surface area contributed by atoms with E-state index in [1.807, 2.05) is 0 Å². The Labute approximate surface area is 424 Å². The maximum Gasteiger partial charge on any atom is 0.0725 e. The van der Waals surface area contributed by atoms with E-state index in [0.29, 0.717) is 0 Å². The molecule has 0 atom stereocenters. The zero-order chi connectivity index (χ0) is 48.9. The van der Waals surface area contributed by atoms with Gasteiger partial charge in [-0.1, -0.05) is 254 Å². The van der Waals surface area contributed by atoms with E-state index in [9.17, 15) is 0 Å². The Hall–Kier alpha value is -8.26. The monoisotopic (exact) mass is 923 g/mol. The summed E-state index contributed by atoms with van der Waals surface area (Å²) in [6.07, 6.45) is 0. The van der Waals surface area contributed by atoms with Crippen molar-refractivity contribution < 1.29 is 0 Å². The molecule has 2 aliphatic rings. The van der Waals surface area contributed by atoms with Gasteiger partial charge in [0.05, 0.1) is 16.8 Å². The molecular formula is C71H57N. The predicted octanol–water partition coefficient (Wildman–Crippen LogP) is 19.4. The average molecular weight is 924 g/mol. The van der Waals surface area contributed by atoms with Crippen LogP contribution in [-0.4, -0.2) is 0 Å². The Bertz CT molecular complexity index is 3890. The molecule has 0 heterocycles. The summed E-state index contributed by atoms with van der Waals surface area (Å²) in [5, 5.41) is 4.93. The summed E-state index contributed by atoms with van der Waals surface area (Å²) in [7, 11) is 0. The highest BCUT2D eigenvalue weighted by molar-refractivity contribution is 6.13. The van der Waals surface area contributed by atoms with Crippen molar-refractivity contribution in [3.05, 3.63) is 270 Å². The maximum atomic E-state index is 2.55. The third-order valence-corrected chi connectivity index (χ3v) is 15.8. The van der Waals surface area contributed by atoms with Gasteiger partial charge in [0.2, 0.25) is 0 Å². The van der Waals surface area contributed by atoms with Crippen LogP contribution in [0, 0.1) is 0 Å². The van der Waals surface area contributed by atoms with Crippen molar-refractivity contribution in [2.75, 3.05) is 4.90 Å². The summed E-state index contributed by atoms with van der Waals surface area (Å²) in [6.45, 7) is 14.0. The number of anilines is 3. The van der Waals surface area contributed by atoms with Gasteiger partial charge in [0, 0.05) is 16.6 Å². The Kier molecular flexibility index (Phi) is 9.97. The first-order valence-corrected chi connectivity index (χ1v) is 25.6. The summed E-state index contributed by atoms with van der Waals surface area (Å²) < 4.78 is 0. The Morgan fingerprint density at radius 1 is 0.292 bits per heavy atom. The van der Waals surface area contributed by atoms with Crippen LogP contribution in [0.1, 0.15) is 74.9 Å². The lowest BCUT2D eigenvalue weighted by Crippen LogP contribution is -2.27. The van der Waals surface area contributed by atoms with Crippen LogP contribution in [-0.2, 0) is 16.2 Å². The lowest BCUT2D eigenvalue weighted by Gasteiger charge is -2.33. The lowest BCUT2D eigenvalue weighted by molar-refractivity contribution is 0.586. The van der Waals surface area contributed by atoms with E-state index in [4.69, 9.17) is 0 Å². The van der Waals surface area contributed by atoms with Crippen LogP contribution < -0.4 is 4.90 Å². The zero-order valence-electron chi connectivity index (χ0n) is 42.0. The third kappa shape index (κ3) is 6.67. The van der Waals surface area contributed by atoms with Crippen LogP contribution in [0.25, 0.3) is 77.2 Å². The summed E-state index contributed by atoms with van der Waals surface area (Å²) >= 11 is 0. The molecule has 0 unspecified atom stereocenters. The topological polar surface area (TPSA) is 3.24 Å². The normalized spacial score (nSPS) is 13.2. The Morgan fingerprint density at radius 2 is 0.792 bits per heavy atom. The standard InChI is InChI=1S/C71H57N/c1-69(2,3)48-36-40-58-59-41-37-49(70(4,5)6)44-66(59)71(65(58)43-48)63-32-18-16-29-57(63)62-45-50(38-42-64(62)71)72(68-34-20-31-54-52-24-11-10-23-47(52)35-39-61(54)68)67-33-19-17-30-60(67)56-28-15-14-27-55(56)53-26-13-12-25-51(53)46-21-8-7-9-22-46/h7-45H,1-6H3. The first-order chi connectivity index (χ1) is 35.0. The second-order valence-corrected chi connectivity index (χ2v) is 22.0. The van der Waals surface area contributed by atoms with Crippen molar-refractivity contribution in [3.8, 4) is 55.6 Å². The van der Waals surface area contributed by atoms with Crippen molar-refractivity contribution in [1.82, 2.24) is 0 Å². The lowest BCUT2D eigenvalue weighted by atomic mass is 9.69. The van der Waals surface area contributed by atoms with Gasteiger partial charge in [0.15, 0.2) is 0 Å². The van der Waals surface area contributed by atoms with E-state index in [1.54, 1.807) is 0 Å². The maximum absolute atomic E-state index is 2.55. The molecule has 0 amide bonds. The highest BCUT2D eigenvalue weighted by Gasteiger charge is 2.52. The summed E-state index contributed by atoms with van der Waals surface area (Å²) in [5.74, 6) is 0. The van der Waals surface area contributed by atoms with Crippen molar-refractivity contribution >= 4 is 38.6 Å². The number of nitrogens with zero attached hydrogens (tertiary/aromatic N) is 1. The van der Waals surface area contributed by atoms with Gasteiger partial charge in [-0.2, -0.15) is 0 Å². The van der Waals surface area contributed by atoms with Gasteiger partial charge in [-0.15, -0.1) is 0 Å². The number of para-hydroxylation sites is 1. The largest absolute Gasteiger partial charge is 0.309 e. The molecule has 1 nitrogen and oxygen atoms in total. The first kappa shape index (κ1) is 43.7. The van der Waals surface area contributed by atoms with E-state index < -0.39 is 5.41 Å². The molecule has 72 heavy (non-hydrogen) atoms. The molecule has 0 radical (unpaired) electrons. The quantitative estimate of drug-likeness (QED) is 0.150. The molecule has 0 fully saturated rings. The predicted molar refractivity (Wildman–Crippen MR) is 306 cm³/mol. The van der Waals surface area contributed by atoms with Crippen LogP contribution in [0.3, 0.4) is 0 Å². The highest BCUT2D eigenvalue weighted by atomic mass is 15.1. The minimum atomic E-state index is -0.496. The molecule has 0 N–H and O–H groups in total. The van der Waals surface area contributed by atoms with Crippen molar-refractivity contribution in [3.63, 3.8) is 0 Å². The fraction of sp³-hybridized carbons (Fsp3) is 0.127. The molecule has 11 aromatic rings. The molecule has 1 spiro atoms. The third-order valence-electron chi connectivity index (χ3n) is 15.8. The minimum Gasteiger partial charge on any atom is -0.309 e. The van der Waals surface area contributed by atoms with Crippen molar-refractivity contribution in [1.29, 1.82) is 0 Å². The van der Waals surface area contributed by atoms with E-state index in [2.05, 4.69) is 283 Å². The molecule has 0 bridgehead atoms. The molecule has 0 aromatic heterocycles. The van der Waals surface area contributed by atoms with Gasteiger partial charge in [-0.25, -0.2) is 0 Å². The number of benzene rings is 11. The van der Waals surface area contributed by atoms with Gasteiger partial charge >= 0.3 is 0 Å². The minimum absolute atomic E-state index is 0.0215. The second kappa shape index (κ2) is 16.4. The molecule has 0 aliphatic heterocycles. The smallest absolute Gasteiger partial charge is 0.0725 e. The summed E-state index contributed by atoms with van der Waals surface area (Å²) in [5.41, 5.74) is 23.4. The summed E-state index contributed by atoms with van der Waals surface area (Å²) in [6, 6.07) is 89.2. The Balaban J connectivity index is 1.09. The van der Waals surface area contributed by atoms with Gasteiger partial charge < -0.3 is 4.90 Å². The first-order valence-electron chi connectivity index (χ1n) is 25.6. The molecule has 2 aliphatic carbocycles. The van der Waals surface area contributed by atoms with Crippen molar-refractivity contribution in [2.45, 2.75) is 57.8 Å². The van der Waals surface area contributed by atoms with Gasteiger partial charge in [-0.3, -0.25) is 0 Å². The fourth-order valence-electron chi connectivity index (χ4n) is 12.3. The molecule has 11 aromatic carbocycles. The molecule has 1 heteroatoms. The van der Waals surface area contributed by atoms with Crippen LogP contribution >= 0.6 is 0 Å². The van der Waals surface area contributed by atoms with Crippen LogP contribution in [0.15, 0.2) is 237 Å². The van der Waals surface area contributed by atoms with Gasteiger partial charge in [0.25, 0.3) is 0 Å². The van der Waals surface area contributed by atoms with E-state index in [1.165, 1.54) is 105 Å². The van der Waals surface area contributed by atoms with Gasteiger partial charge in [0.1, 0.15) is 0 Å². The van der Waals surface area contributed by atoms with Crippen molar-refractivity contribution in [2.24, 2.45) is 0 Å². The Morgan fingerprint density at radius 3 is 1.47 bits per heavy atom. The van der Waals surface area contributed by atoms with Crippen LogP contribution in [0.4, 0.5) is 17.1 Å². The number of hydrogen-bond donors (Lipinski definition) is 0. The molecule has 13 rings (SSSR count). The zero-order valence-corrected chi connectivity index (χ0v) is 42.0. The van der Waals surface area contributed by atoms with Crippen LogP contribution in [0.5, 0.6) is 0 Å². The fourth-order valence-corrected chi connectivity index (χ4v) is 12.3.